The minimum atomic E-state index is -0.980. The van der Waals surface area contributed by atoms with Gasteiger partial charge < -0.3 is 15.3 Å². The summed E-state index contributed by atoms with van der Waals surface area (Å²) in [5.74, 6) is -0.450. The van der Waals surface area contributed by atoms with Gasteiger partial charge in [-0.1, -0.05) is 13.3 Å². The van der Waals surface area contributed by atoms with Crippen molar-refractivity contribution in [3.05, 3.63) is 18.3 Å². The van der Waals surface area contributed by atoms with Gasteiger partial charge in [0.15, 0.2) is 0 Å². The van der Waals surface area contributed by atoms with E-state index in [2.05, 4.69) is 22.1 Å². The van der Waals surface area contributed by atoms with Gasteiger partial charge in [0.25, 0.3) is 0 Å². The van der Waals surface area contributed by atoms with E-state index < -0.39 is 5.97 Å². The number of aromatic nitrogens is 1. The quantitative estimate of drug-likeness (QED) is 0.761. The molecule has 0 bridgehead atoms. The van der Waals surface area contributed by atoms with Gasteiger partial charge in [0, 0.05) is 20.0 Å². The van der Waals surface area contributed by atoms with E-state index in [0.717, 1.165) is 25.2 Å². The van der Waals surface area contributed by atoms with Crippen LogP contribution in [0.3, 0.4) is 0 Å². The minimum Gasteiger partial charge on any atom is -0.481 e. The van der Waals surface area contributed by atoms with Gasteiger partial charge in [0.2, 0.25) is 5.91 Å². The van der Waals surface area contributed by atoms with Gasteiger partial charge in [0.05, 0.1) is 18.3 Å². The number of hydrogen-bond acceptors (Lipinski definition) is 4. The average molecular weight is 279 g/mol. The van der Waals surface area contributed by atoms with Crippen molar-refractivity contribution in [2.45, 2.75) is 32.6 Å². The first-order valence-electron chi connectivity index (χ1n) is 6.71. The number of rotatable bonds is 8. The molecule has 0 aliphatic rings. The zero-order chi connectivity index (χ0) is 15.0. The molecule has 1 aromatic heterocycles. The summed E-state index contributed by atoms with van der Waals surface area (Å²) >= 11 is 0. The molecule has 0 radical (unpaired) electrons. The van der Waals surface area contributed by atoms with Crippen molar-refractivity contribution in [3.8, 4) is 0 Å². The lowest BCUT2D eigenvalue weighted by molar-refractivity contribution is -0.138. The van der Waals surface area contributed by atoms with Crippen molar-refractivity contribution in [2.75, 3.05) is 23.8 Å². The lowest BCUT2D eigenvalue weighted by atomic mass is 10.3. The molecule has 0 atom stereocenters. The molecule has 0 aromatic carbocycles. The van der Waals surface area contributed by atoms with Gasteiger partial charge >= 0.3 is 5.97 Å². The third kappa shape index (κ3) is 5.69. The Hall–Kier alpha value is -2.11. The Bertz CT molecular complexity index is 445. The molecule has 110 valence electrons. The van der Waals surface area contributed by atoms with Gasteiger partial charge in [0.1, 0.15) is 5.82 Å². The fraction of sp³-hybridized carbons (Fsp3) is 0.500. The Kier molecular flexibility index (Phi) is 6.49. The lowest BCUT2D eigenvalue weighted by Gasteiger charge is -2.17. The first-order valence-corrected chi connectivity index (χ1v) is 6.71. The van der Waals surface area contributed by atoms with Crippen LogP contribution in [0.15, 0.2) is 18.3 Å². The molecule has 0 saturated carbocycles. The maximum absolute atomic E-state index is 11.5. The summed E-state index contributed by atoms with van der Waals surface area (Å²) in [7, 11) is 1.98. The number of nitrogens with zero attached hydrogens (tertiary/aromatic N) is 2. The average Bonchev–Trinajstić information content (AvgIpc) is 2.43. The summed E-state index contributed by atoms with van der Waals surface area (Å²) < 4.78 is 0. The number of hydrogen-bond donors (Lipinski definition) is 2. The molecule has 6 nitrogen and oxygen atoms in total. The highest BCUT2D eigenvalue weighted by molar-refractivity contribution is 5.92. The van der Waals surface area contributed by atoms with E-state index in [1.807, 2.05) is 13.1 Å². The first kappa shape index (κ1) is 15.9. The molecule has 20 heavy (non-hydrogen) atoms. The molecular formula is C14H21N3O3. The van der Waals surface area contributed by atoms with Crippen LogP contribution >= 0.6 is 0 Å². The van der Waals surface area contributed by atoms with Crippen LogP contribution < -0.4 is 10.2 Å². The topological polar surface area (TPSA) is 82.5 Å². The van der Waals surface area contributed by atoms with E-state index in [-0.39, 0.29) is 18.7 Å². The lowest BCUT2D eigenvalue weighted by Crippen LogP contribution is -2.19. The normalized spacial score (nSPS) is 10.1. The predicted octanol–water partition coefficient (Wildman–Crippen LogP) is 2.12. The molecule has 1 heterocycles. The summed E-state index contributed by atoms with van der Waals surface area (Å²) in [5.41, 5.74) is 0.577. The van der Waals surface area contributed by atoms with Crippen molar-refractivity contribution < 1.29 is 14.7 Å². The monoisotopic (exact) mass is 279 g/mol. The second kappa shape index (κ2) is 8.14. The van der Waals surface area contributed by atoms with Gasteiger partial charge in [-0.2, -0.15) is 0 Å². The molecule has 0 aliphatic heterocycles. The molecule has 0 saturated heterocycles. The standard InChI is InChI=1S/C14H21N3O3/c1-3-4-9-17(2)12-6-5-11(10-15-12)16-13(18)7-8-14(19)20/h5-6,10H,3-4,7-9H2,1-2H3,(H,16,18)(H,19,20). The second-order valence-corrected chi connectivity index (χ2v) is 4.62. The zero-order valence-electron chi connectivity index (χ0n) is 11.9. The van der Waals surface area contributed by atoms with Crippen LogP contribution in [0, 0.1) is 0 Å². The third-order valence-electron chi connectivity index (χ3n) is 2.84. The maximum atomic E-state index is 11.5. The van der Waals surface area contributed by atoms with E-state index in [0.29, 0.717) is 5.69 Å². The van der Waals surface area contributed by atoms with Crippen LogP contribution in [0.5, 0.6) is 0 Å². The van der Waals surface area contributed by atoms with Crippen LogP contribution in [-0.2, 0) is 9.59 Å². The van der Waals surface area contributed by atoms with Crippen LogP contribution in [0.25, 0.3) is 0 Å². The Balaban J connectivity index is 2.49. The minimum absolute atomic E-state index is 0.0342. The Labute approximate surface area is 118 Å². The fourth-order valence-electron chi connectivity index (χ4n) is 1.64. The molecule has 2 N–H and O–H groups in total. The molecule has 0 spiro atoms. The maximum Gasteiger partial charge on any atom is 0.303 e. The number of nitrogens with one attached hydrogen (secondary N) is 1. The van der Waals surface area contributed by atoms with Gasteiger partial charge in [-0.3, -0.25) is 9.59 Å². The van der Waals surface area contributed by atoms with Gasteiger partial charge in [-0.05, 0) is 18.6 Å². The first-order chi connectivity index (χ1) is 9.52. The number of carbonyl (C=O) groups is 2. The number of carboxylic acid groups (broad SMARTS) is 1. The van der Waals surface area contributed by atoms with Crippen molar-refractivity contribution in [3.63, 3.8) is 0 Å². The second-order valence-electron chi connectivity index (χ2n) is 4.62. The third-order valence-corrected chi connectivity index (χ3v) is 2.84. The van der Waals surface area contributed by atoms with E-state index >= 15 is 0 Å². The largest absolute Gasteiger partial charge is 0.481 e. The molecule has 1 aromatic rings. The summed E-state index contributed by atoms with van der Waals surface area (Å²) in [6.45, 7) is 3.07. The van der Waals surface area contributed by atoms with Crippen LogP contribution in [-0.4, -0.2) is 35.6 Å². The SMILES string of the molecule is CCCCN(C)c1ccc(NC(=O)CCC(=O)O)cn1. The van der Waals surface area contributed by atoms with Crippen LogP contribution in [0.2, 0.25) is 0 Å². The van der Waals surface area contributed by atoms with Crippen molar-refractivity contribution in [2.24, 2.45) is 0 Å². The summed E-state index contributed by atoms with van der Waals surface area (Å²) in [6.07, 6.45) is 3.61. The van der Waals surface area contributed by atoms with Crippen molar-refractivity contribution >= 4 is 23.4 Å². The number of pyridine rings is 1. The summed E-state index contributed by atoms with van der Waals surface area (Å²) in [4.78, 5) is 28.2. The van der Waals surface area contributed by atoms with E-state index in [4.69, 9.17) is 5.11 Å². The summed E-state index contributed by atoms with van der Waals surface area (Å²) in [6, 6.07) is 3.60. The van der Waals surface area contributed by atoms with Gasteiger partial charge in [-0.25, -0.2) is 4.98 Å². The highest BCUT2D eigenvalue weighted by Gasteiger charge is 2.07. The number of carboxylic acids is 1. The Morgan fingerprint density at radius 1 is 1.35 bits per heavy atom. The van der Waals surface area contributed by atoms with E-state index in [9.17, 15) is 9.59 Å². The smallest absolute Gasteiger partial charge is 0.303 e. The number of amides is 1. The highest BCUT2D eigenvalue weighted by Crippen LogP contribution is 2.13. The molecule has 0 aliphatic carbocycles. The Morgan fingerprint density at radius 2 is 2.10 bits per heavy atom. The number of anilines is 2. The molecule has 6 heteroatoms. The highest BCUT2D eigenvalue weighted by atomic mass is 16.4. The number of carbonyl (C=O) groups excluding carboxylic acids is 1. The molecule has 0 unspecified atom stereocenters. The summed E-state index contributed by atoms with van der Waals surface area (Å²) in [5, 5.41) is 11.1. The zero-order valence-corrected chi connectivity index (χ0v) is 11.9. The Morgan fingerprint density at radius 3 is 2.65 bits per heavy atom. The van der Waals surface area contributed by atoms with Crippen LogP contribution in [0.4, 0.5) is 11.5 Å². The van der Waals surface area contributed by atoms with E-state index in [1.165, 1.54) is 0 Å². The number of aliphatic carboxylic acids is 1. The molecular weight excluding hydrogens is 258 g/mol. The van der Waals surface area contributed by atoms with E-state index in [1.54, 1.807) is 12.3 Å². The predicted molar refractivity (Wildman–Crippen MR) is 77.9 cm³/mol. The fourth-order valence-corrected chi connectivity index (χ4v) is 1.64. The van der Waals surface area contributed by atoms with Crippen molar-refractivity contribution in [1.82, 2.24) is 4.98 Å². The number of unbranched alkanes of at least 4 members (excludes halogenated alkanes) is 1. The molecule has 1 rings (SSSR count). The molecule has 0 fully saturated rings. The van der Waals surface area contributed by atoms with Crippen molar-refractivity contribution in [1.29, 1.82) is 0 Å². The van der Waals surface area contributed by atoms with Crippen LogP contribution in [0.1, 0.15) is 32.6 Å². The van der Waals surface area contributed by atoms with Gasteiger partial charge in [-0.15, -0.1) is 0 Å². The molecule has 1 amide bonds.